The van der Waals surface area contributed by atoms with Crippen molar-refractivity contribution in [3.05, 3.63) is 65.5 Å². The zero-order valence-corrected chi connectivity index (χ0v) is 14.5. The van der Waals surface area contributed by atoms with E-state index in [1.807, 2.05) is 0 Å². The molecule has 0 saturated carbocycles. The summed E-state index contributed by atoms with van der Waals surface area (Å²) in [5, 5.41) is 6.58. The van der Waals surface area contributed by atoms with Crippen LogP contribution in [0.25, 0.3) is 11.0 Å². The minimum absolute atomic E-state index is 0.00771. The molecular formula is C19H15FN2O5. The number of amides is 1. The van der Waals surface area contributed by atoms with Gasteiger partial charge in [0.15, 0.2) is 11.3 Å². The number of carbonyl (C=O) groups is 2. The Morgan fingerprint density at radius 3 is 2.63 bits per heavy atom. The van der Waals surface area contributed by atoms with E-state index in [-0.39, 0.29) is 16.8 Å². The van der Waals surface area contributed by atoms with Crippen LogP contribution in [0, 0.1) is 5.82 Å². The molecule has 0 spiro atoms. The third kappa shape index (κ3) is 3.95. The quantitative estimate of drug-likeness (QED) is 0.563. The van der Waals surface area contributed by atoms with Crippen LogP contribution in [0.5, 0.6) is 5.75 Å². The lowest BCUT2D eigenvalue weighted by Crippen LogP contribution is -2.22. The first-order chi connectivity index (χ1) is 13.0. The number of nitrogens with one attached hydrogen (secondary N) is 1. The topological polar surface area (TPSA) is 90.1 Å². The van der Waals surface area contributed by atoms with Gasteiger partial charge in [-0.3, -0.25) is 4.79 Å². The maximum absolute atomic E-state index is 13.8. The summed E-state index contributed by atoms with van der Waals surface area (Å²) < 4.78 is 24.7. The van der Waals surface area contributed by atoms with Gasteiger partial charge in [-0.2, -0.15) is 0 Å². The van der Waals surface area contributed by atoms with Crippen LogP contribution in [-0.4, -0.2) is 19.0 Å². The molecule has 0 bridgehead atoms. The third-order valence-corrected chi connectivity index (χ3v) is 3.58. The molecule has 138 valence electrons. The highest BCUT2D eigenvalue weighted by Crippen LogP contribution is 2.25. The Labute approximate surface area is 153 Å². The van der Waals surface area contributed by atoms with Gasteiger partial charge >= 0.3 is 5.97 Å². The number of fused-ring (bicyclic) bond motifs is 1. The van der Waals surface area contributed by atoms with Crippen molar-refractivity contribution in [2.75, 3.05) is 12.4 Å². The van der Waals surface area contributed by atoms with Gasteiger partial charge in [0, 0.05) is 12.3 Å². The number of halogens is 1. The van der Waals surface area contributed by atoms with Gasteiger partial charge in [-0.25, -0.2) is 9.18 Å². The number of ether oxygens (including phenoxy) is 1. The number of benzene rings is 2. The second-order valence-electron chi connectivity index (χ2n) is 5.45. The fourth-order valence-corrected chi connectivity index (χ4v) is 2.37. The van der Waals surface area contributed by atoms with Gasteiger partial charge < -0.3 is 19.3 Å². The minimum Gasteiger partial charge on any atom is -0.493 e. The maximum Gasteiger partial charge on any atom is 0.332 e. The molecule has 8 heteroatoms. The van der Waals surface area contributed by atoms with Crippen molar-refractivity contribution < 1.29 is 28.0 Å². The van der Waals surface area contributed by atoms with Crippen molar-refractivity contribution in [2.24, 2.45) is 5.16 Å². The molecule has 1 aromatic heterocycles. The summed E-state index contributed by atoms with van der Waals surface area (Å²) in [5.41, 5.74) is 0.0105. The molecule has 1 N–H and O–H groups in total. The van der Waals surface area contributed by atoms with Gasteiger partial charge in [0.05, 0.1) is 12.8 Å². The molecular weight excluding hydrogens is 355 g/mol. The Kier molecular flexibility index (Phi) is 5.16. The van der Waals surface area contributed by atoms with Crippen LogP contribution in [0.2, 0.25) is 0 Å². The third-order valence-electron chi connectivity index (χ3n) is 3.58. The number of anilines is 1. The van der Waals surface area contributed by atoms with E-state index in [4.69, 9.17) is 9.15 Å². The first-order valence-corrected chi connectivity index (χ1v) is 7.88. The summed E-state index contributed by atoms with van der Waals surface area (Å²) in [6.07, 6.45) is 0. The molecule has 0 aliphatic heterocycles. The van der Waals surface area contributed by atoms with E-state index in [1.54, 1.807) is 24.3 Å². The predicted octanol–water partition coefficient (Wildman–Crippen LogP) is 3.21. The number of nitrogens with zero attached hydrogens (tertiary/aromatic N) is 1. The average Bonchev–Trinajstić information content (AvgIpc) is 2.66. The summed E-state index contributed by atoms with van der Waals surface area (Å²) in [6, 6.07) is 12.3. The van der Waals surface area contributed by atoms with Crippen LogP contribution < -0.4 is 15.6 Å². The van der Waals surface area contributed by atoms with Crippen molar-refractivity contribution in [1.29, 1.82) is 0 Å². The fraction of sp³-hybridized carbons (Fsp3) is 0.105. The monoisotopic (exact) mass is 370 g/mol. The van der Waals surface area contributed by atoms with Crippen LogP contribution in [0.1, 0.15) is 17.3 Å². The molecule has 3 aromatic rings. The standard InChI is InChI=1S/C19H15FN2O5/c1-11(23)27-22-19-13(18(24)21-15-8-4-3-7-14(15)20)10-12-6-5-9-16(25-2)17(12)26-19/h3-10H,1-2H3,(H,21,24). The van der Waals surface area contributed by atoms with Crippen LogP contribution in [0.3, 0.4) is 0 Å². The van der Waals surface area contributed by atoms with E-state index >= 15 is 0 Å². The molecule has 0 atom stereocenters. The Hall–Kier alpha value is -3.68. The molecule has 0 aliphatic carbocycles. The molecule has 0 unspecified atom stereocenters. The highest BCUT2D eigenvalue weighted by atomic mass is 19.1. The fourth-order valence-electron chi connectivity index (χ4n) is 2.37. The zero-order valence-electron chi connectivity index (χ0n) is 14.5. The van der Waals surface area contributed by atoms with Crippen molar-refractivity contribution in [2.45, 2.75) is 6.92 Å². The summed E-state index contributed by atoms with van der Waals surface area (Å²) in [7, 11) is 1.46. The van der Waals surface area contributed by atoms with E-state index in [2.05, 4.69) is 15.3 Å². The van der Waals surface area contributed by atoms with E-state index in [0.29, 0.717) is 16.7 Å². The zero-order chi connectivity index (χ0) is 19.4. The van der Waals surface area contributed by atoms with Gasteiger partial charge in [0.2, 0.25) is 0 Å². The second kappa shape index (κ2) is 7.69. The van der Waals surface area contributed by atoms with Gasteiger partial charge in [-0.1, -0.05) is 24.3 Å². The number of carbonyl (C=O) groups excluding carboxylic acids is 2. The van der Waals surface area contributed by atoms with Gasteiger partial charge in [0.25, 0.3) is 11.5 Å². The summed E-state index contributed by atoms with van der Waals surface area (Å²) in [5.74, 6) is -1.55. The molecule has 7 nitrogen and oxygen atoms in total. The number of rotatable bonds is 4. The Morgan fingerprint density at radius 1 is 1.15 bits per heavy atom. The van der Waals surface area contributed by atoms with Crippen molar-refractivity contribution in [3.63, 3.8) is 0 Å². The first kappa shape index (κ1) is 18.1. The summed E-state index contributed by atoms with van der Waals surface area (Å²) >= 11 is 0. The molecule has 0 fully saturated rings. The van der Waals surface area contributed by atoms with Crippen LogP contribution >= 0.6 is 0 Å². The van der Waals surface area contributed by atoms with E-state index in [9.17, 15) is 14.0 Å². The Balaban J connectivity index is 2.13. The molecule has 0 radical (unpaired) electrons. The lowest BCUT2D eigenvalue weighted by molar-refractivity contribution is -0.141. The van der Waals surface area contributed by atoms with Crippen molar-refractivity contribution in [1.82, 2.24) is 0 Å². The summed E-state index contributed by atoms with van der Waals surface area (Å²) in [4.78, 5) is 28.4. The normalized spacial score (nSPS) is 11.3. The van der Waals surface area contributed by atoms with Crippen LogP contribution in [0.4, 0.5) is 10.1 Å². The molecule has 2 aromatic carbocycles. The molecule has 0 saturated heterocycles. The van der Waals surface area contributed by atoms with Crippen molar-refractivity contribution in [3.8, 4) is 5.75 Å². The highest BCUT2D eigenvalue weighted by molar-refractivity contribution is 6.05. The Morgan fingerprint density at radius 2 is 1.93 bits per heavy atom. The lowest BCUT2D eigenvalue weighted by Gasteiger charge is -2.09. The van der Waals surface area contributed by atoms with Crippen LogP contribution in [0.15, 0.2) is 58.1 Å². The number of hydrogen-bond acceptors (Lipinski definition) is 6. The SMILES string of the molecule is COc1cccc2cc(C(=O)Nc3ccccc3F)c(=NOC(C)=O)oc12. The molecule has 3 rings (SSSR count). The van der Waals surface area contributed by atoms with E-state index in [1.165, 1.54) is 31.4 Å². The summed E-state index contributed by atoms with van der Waals surface area (Å²) in [6.45, 7) is 1.16. The highest BCUT2D eigenvalue weighted by Gasteiger charge is 2.16. The molecule has 1 heterocycles. The molecule has 0 aliphatic rings. The second-order valence-corrected chi connectivity index (χ2v) is 5.45. The number of para-hydroxylation sites is 2. The van der Waals surface area contributed by atoms with E-state index < -0.39 is 17.7 Å². The van der Waals surface area contributed by atoms with Gasteiger partial charge in [-0.05, 0) is 29.4 Å². The number of methoxy groups -OCH3 is 1. The van der Waals surface area contributed by atoms with Gasteiger partial charge in [-0.15, -0.1) is 0 Å². The number of hydrogen-bond donors (Lipinski definition) is 1. The lowest BCUT2D eigenvalue weighted by atomic mass is 10.1. The van der Waals surface area contributed by atoms with E-state index in [0.717, 1.165) is 6.92 Å². The molecule has 1 amide bonds. The largest absolute Gasteiger partial charge is 0.493 e. The molecule has 27 heavy (non-hydrogen) atoms. The Bertz CT molecular complexity index is 1090. The van der Waals surface area contributed by atoms with Gasteiger partial charge in [0.1, 0.15) is 11.4 Å². The smallest absolute Gasteiger partial charge is 0.332 e. The first-order valence-electron chi connectivity index (χ1n) is 7.88. The average molecular weight is 370 g/mol. The maximum atomic E-state index is 13.8. The minimum atomic E-state index is -0.689. The predicted molar refractivity (Wildman–Crippen MR) is 94.4 cm³/mol. The van der Waals surface area contributed by atoms with Crippen molar-refractivity contribution >= 4 is 28.5 Å². The van der Waals surface area contributed by atoms with Crippen LogP contribution in [-0.2, 0) is 9.63 Å².